The fourth-order valence-corrected chi connectivity index (χ4v) is 2.69. The van der Waals surface area contributed by atoms with E-state index in [4.69, 9.17) is 0 Å². The third-order valence-corrected chi connectivity index (χ3v) is 4.14. The van der Waals surface area contributed by atoms with Crippen LogP contribution in [0.1, 0.15) is 17.5 Å². The molecule has 0 aliphatic heterocycles. The van der Waals surface area contributed by atoms with E-state index in [1.807, 2.05) is 0 Å². The predicted molar refractivity (Wildman–Crippen MR) is 101 cm³/mol. The fourth-order valence-electron chi connectivity index (χ4n) is 2.69. The molecule has 0 aliphatic rings. The molecular formula is C19H20F3N3O4. The minimum Gasteiger partial charge on any atom is -0.405 e. The van der Waals surface area contributed by atoms with E-state index in [1.54, 1.807) is 24.1 Å². The van der Waals surface area contributed by atoms with Crippen LogP contribution in [0.5, 0.6) is 5.75 Å². The second-order valence-corrected chi connectivity index (χ2v) is 6.40. The van der Waals surface area contributed by atoms with E-state index in [0.29, 0.717) is 16.8 Å². The Bertz CT molecular complexity index is 887. The van der Waals surface area contributed by atoms with E-state index in [1.165, 1.54) is 37.3 Å². The molecule has 0 bridgehead atoms. The van der Waals surface area contributed by atoms with Crippen molar-refractivity contribution in [3.63, 3.8) is 0 Å². The minimum absolute atomic E-state index is 0.0565. The van der Waals surface area contributed by atoms with Crippen molar-refractivity contribution in [3.8, 4) is 5.75 Å². The van der Waals surface area contributed by atoms with Gasteiger partial charge < -0.3 is 15.0 Å². The third-order valence-electron chi connectivity index (χ3n) is 4.14. The smallest absolute Gasteiger partial charge is 0.405 e. The molecular weight excluding hydrogens is 391 g/mol. The molecule has 0 heterocycles. The summed E-state index contributed by atoms with van der Waals surface area (Å²) in [5, 5.41) is 13.6. The molecule has 0 spiro atoms. The minimum atomic E-state index is -4.79. The van der Waals surface area contributed by atoms with Gasteiger partial charge in [0.05, 0.1) is 16.2 Å². The molecule has 1 amide bonds. The Morgan fingerprint density at radius 2 is 1.90 bits per heavy atom. The average Bonchev–Trinajstić information content (AvgIpc) is 2.62. The molecule has 0 atom stereocenters. The van der Waals surface area contributed by atoms with Crippen LogP contribution in [0.15, 0.2) is 42.5 Å². The van der Waals surface area contributed by atoms with Gasteiger partial charge in [0.25, 0.3) is 5.69 Å². The van der Waals surface area contributed by atoms with Crippen LogP contribution in [-0.4, -0.2) is 35.7 Å². The number of carbonyl (C=O) groups excluding carboxylic acids is 1. The van der Waals surface area contributed by atoms with Crippen molar-refractivity contribution in [1.82, 2.24) is 4.90 Å². The van der Waals surface area contributed by atoms with Crippen molar-refractivity contribution < 1.29 is 27.6 Å². The topological polar surface area (TPSA) is 84.7 Å². The van der Waals surface area contributed by atoms with Crippen molar-refractivity contribution in [2.75, 3.05) is 18.9 Å². The first-order chi connectivity index (χ1) is 13.6. The van der Waals surface area contributed by atoms with Crippen LogP contribution in [0.25, 0.3) is 0 Å². The first kappa shape index (κ1) is 22.2. The summed E-state index contributed by atoms with van der Waals surface area (Å²) in [5.41, 5.74) is 0.927. The van der Waals surface area contributed by atoms with Crippen LogP contribution in [0, 0.1) is 17.0 Å². The van der Waals surface area contributed by atoms with Gasteiger partial charge in [-0.15, -0.1) is 13.2 Å². The second-order valence-electron chi connectivity index (χ2n) is 6.40. The van der Waals surface area contributed by atoms with E-state index in [9.17, 15) is 28.1 Å². The van der Waals surface area contributed by atoms with Crippen LogP contribution in [0.3, 0.4) is 0 Å². The van der Waals surface area contributed by atoms with Gasteiger partial charge in [0, 0.05) is 31.1 Å². The number of nitro groups is 1. The number of amides is 1. The van der Waals surface area contributed by atoms with Gasteiger partial charge in [0.1, 0.15) is 5.75 Å². The average molecular weight is 411 g/mol. The molecule has 0 unspecified atom stereocenters. The monoisotopic (exact) mass is 411 g/mol. The quantitative estimate of drug-likeness (QED) is 0.518. The molecule has 0 radical (unpaired) electrons. The number of halogens is 3. The van der Waals surface area contributed by atoms with Gasteiger partial charge in [-0.1, -0.05) is 24.3 Å². The molecule has 0 aromatic heterocycles. The van der Waals surface area contributed by atoms with Gasteiger partial charge in [-0.3, -0.25) is 14.9 Å². The molecule has 29 heavy (non-hydrogen) atoms. The zero-order valence-electron chi connectivity index (χ0n) is 15.8. The Hall–Kier alpha value is -3.14. The number of carbonyl (C=O) groups is 1. The van der Waals surface area contributed by atoms with Crippen LogP contribution >= 0.6 is 0 Å². The molecule has 2 aromatic carbocycles. The highest BCUT2D eigenvalue weighted by Crippen LogP contribution is 2.27. The van der Waals surface area contributed by atoms with Gasteiger partial charge in [-0.05, 0) is 26.1 Å². The van der Waals surface area contributed by atoms with E-state index in [2.05, 4.69) is 10.1 Å². The summed E-state index contributed by atoms with van der Waals surface area (Å²) >= 11 is 0. The molecule has 1 N–H and O–H groups in total. The number of rotatable bonds is 8. The molecule has 2 aromatic rings. The lowest BCUT2D eigenvalue weighted by atomic mass is 10.1. The maximum Gasteiger partial charge on any atom is 0.573 e. The SMILES string of the molecule is Cc1c(NC(=O)CCN(C)Cc2ccccc2OC(F)(F)F)cccc1[N+](=O)[O-]. The molecule has 7 nitrogen and oxygen atoms in total. The number of ether oxygens (including phenoxy) is 1. The van der Waals surface area contributed by atoms with Crippen molar-refractivity contribution in [2.45, 2.75) is 26.3 Å². The number of alkyl halides is 3. The molecule has 156 valence electrons. The van der Waals surface area contributed by atoms with Crippen LogP contribution in [0.4, 0.5) is 24.5 Å². The number of nitro benzene ring substituents is 1. The highest BCUT2D eigenvalue weighted by molar-refractivity contribution is 5.92. The van der Waals surface area contributed by atoms with Gasteiger partial charge in [0.15, 0.2) is 0 Å². The summed E-state index contributed by atoms with van der Waals surface area (Å²) in [5.74, 6) is -0.649. The lowest BCUT2D eigenvalue weighted by molar-refractivity contribution is -0.385. The number of hydrogen-bond acceptors (Lipinski definition) is 5. The summed E-state index contributed by atoms with van der Waals surface area (Å²) in [6.45, 7) is 1.95. The van der Waals surface area contributed by atoms with E-state index in [-0.39, 0.29) is 36.9 Å². The molecule has 2 rings (SSSR count). The third kappa shape index (κ3) is 6.75. The highest BCUT2D eigenvalue weighted by atomic mass is 19.4. The van der Waals surface area contributed by atoms with Crippen LogP contribution in [0.2, 0.25) is 0 Å². The Labute approximate surface area is 165 Å². The fraction of sp³-hybridized carbons (Fsp3) is 0.316. The number of nitrogens with one attached hydrogen (secondary N) is 1. The first-order valence-electron chi connectivity index (χ1n) is 8.63. The summed E-state index contributed by atoms with van der Waals surface area (Å²) in [7, 11) is 1.66. The molecule has 0 fully saturated rings. The Kier molecular flexibility index (Phi) is 7.16. The Morgan fingerprint density at radius 3 is 2.55 bits per heavy atom. The number of benzene rings is 2. The number of anilines is 1. The van der Waals surface area contributed by atoms with Gasteiger partial charge in [-0.2, -0.15) is 0 Å². The zero-order valence-corrected chi connectivity index (χ0v) is 15.8. The molecule has 0 saturated carbocycles. The molecule has 10 heteroatoms. The van der Waals surface area contributed by atoms with Crippen LogP contribution in [-0.2, 0) is 11.3 Å². The largest absolute Gasteiger partial charge is 0.573 e. The lowest BCUT2D eigenvalue weighted by Crippen LogP contribution is -2.25. The summed E-state index contributed by atoms with van der Waals surface area (Å²) in [4.78, 5) is 24.3. The summed E-state index contributed by atoms with van der Waals surface area (Å²) in [6.07, 6.45) is -4.73. The summed E-state index contributed by atoms with van der Waals surface area (Å²) < 4.78 is 41.5. The standard InChI is InChI=1S/C19H20F3N3O4/c1-13-15(7-5-8-16(13)25(27)28)23-18(26)10-11-24(2)12-14-6-3-4-9-17(14)29-19(20,21)22/h3-9H,10-12H2,1-2H3,(H,23,26). The number of nitrogens with zero attached hydrogens (tertiary/aromatic N) is 2. The second kappa shape index (κ2) is 9.37. The zero-order chi connectivity index (χ0) is 21.6. The van der Waals surface area contributed by atoms with E-state index >= 15 is 0 Å². The van der Waals surface area contributed by atoms with Crippen molar-refractivity contribution in [2.24, 2.45) is 0 Å². The Balaban J connectivity index is 1.93. The van der Waals surface area contributed by atoms with Gasteiger partial charge >= 0.3 is 6.36 Å². The van der Waals surface area contributed by atoms with Crippen molar-refractivity contribution in [3.05, 3.63) is 63.7 Å². The lowest BCUT2D eigenvalue weighted by Gasteiger charge is -2.19. The highest BCUT2D eigenvalue weighted by Gasteiger charge is 2.32. The molecule has 0 aliphatic carbocycles. The Morgan fingerprint density at radius 1 is 1.21 bits per heavy atom. The maximum absolute atomic E-state index is 12.5. The van der Waals surface area contributed by atoms with Gasteiger partial charge in [-0.25, -0.2) is 0 Å². The normalized spacial score (nSPS) is 11.4. The van der Waals surface area contributed by atoms with Gasteiger partial charge in [0.2, 0.25) is 5.91 Å². The maximum atomic E-state index is 12.5. The number of hydrogen-bond donors (Lipinski definition) is 1. The molecule has 0 saturated heterocycles. The summed E-state index contributed by atoms with van der Waals surface area (Å²) in [6, 6.07) is 10.2. The van der Waals surface area contributed by atoms with E-state index in [0.717, 1.165) is 0 Å². The number of para-hydroxylation sites is 1. The van der Waals surface area contributed by atoms with Crippen molar-refractivity contribution in [1.29, 1.82) is 0 Å². The van der Waals surface area contributed by atoms with Crippen LogP contribution < -0.4 is 10.1 Å². The predicted octanol–water partition coefficient (Wildman–Crippen LogP) is 4.26. The first-order valence-corrected chi connectivity index (χ1v) is 8.63. The van der Waals surface area contributed by atoms with Crippen molar-refractivity contribution >= 4 is 17.3 Å². The van der Waals surface area contributed by atoms with E-state index < -0.39 is 11.3 Å².